The SMILES string of the molecule is C[C@@H](N)c1ccc(N2CCCC(CO)C2)c(Br)c1. The number of halogens is 1. The third-order valence-electron chi connectivity index (χ3n) is 3.62. The van der Waals surface area contributed by atoms with Gasteiger partial charge in [0.2, 0.25) is 0 Å². The molecule has 0 aliphatic carbocycles. The minimum Gasteiger partial charge on any atom is -0.396 e. The number of nitrogens with two attached hydrogens (primary N) is 1. The van der Waals surface area contributed by atoms with E-state index in [0.29, 0.717) is 5.92 Å². The van der Waals surface area contributed by atoms with Gasteiger partial charge in [-0.05, 0) is 59.3 Å². The van der Waals surface area contributed by atoms with Crippen LogP contribution in [-0.2, 0) is 0 Å². The van der Waals surface area contributed by atoms with Gasteiger partial charge in [0.25, 0.3) is 0 Å². The first-order chi connectivity index (χ1) is 8.61. The van der Waals surface area contributed by atoms with Crippen molar-refractivity contribution in [3.63, 3.8) is 0 Å². The van der Waals surface area contributed by atoms with Crippen molar-refractivity contribution < 1.29 is 5.11 Å². The molecule has 1 aliphatic rings. The zero-order chi connectivity index (χ0) is 13.1. The maximum Gasteiger partial charge on any atom is 0.0510 e. The Balaban J connectivity index is 2.17. The molecule has 0 amide bonds. The fourth-order valence-corrected chi connectivity index (χ4v) is 3.14. The molecule has 0 saturated carbocycles. The number of aliphatic hydroxyl groups excluding tert-OH is 1. The van der Waals surface area contributed by atoms with Gasteiger partial charge >= 0.3 is 0 Å². The topological polar surface area (TPSA) is 49.5 Å². The summed E-state index contributed by atoms with van der Waals surface area (Å²) in [7, 11) is 0. The molecule has 2 atom stereocenters. The maximum atomic E-state index is 9.29. The molecular weight excluding hydrogens is 292 g/mol. The highest BCUT2D eigenvalue weighted by Crippen LogP contribution is 2.31. The fourth-order valence-electron chi connectivity index (χ4n) is 2.50. The summed E-state index contributed by atoms with van der Waals surface area (Å²) in [6, 6.07) is 6.38. The summed E-state index contributed by atoms with van der Waals surface area (Å²) in [5.74, 6) is 0.402. The number of aliphatic hydroxyl groups is 1. The molecule has 0 radical (unpaired) electrons. The highest BCUT2D eigenvalue weighted by atomic mass is 79.9. The van der Waals surface area contributed by atoms with Crippen molar-refractivity contribution in [2.24, 2.45) is 11.7 Å². The minimum absolute atomic E-state index is 0.0573. The molecule has 2 rings (SSSR count). The number of hydrogen-bond donors (Lipinski definition) is 2. The van der Waals surface area contributed by atoms with Crippen molar-refractivity contribution in [2.45, 2.75) is 25.8 Å². The van der Waals surface area contributed by atoms with E-state index in [1.165, 1.54) is 5.69 Å². The summed E-state index contributed by atoms with van der Waals surface area (Å²) in [4.78, 5) is 2.35. The van der Waals surface area contributed by atoms with Crippen molar-refractivity contribution >= 4 is 21.6 Å². The van der Waals surface area contributed by atoms with E-state index >= 15 is 0 Å². The van der Waals surface area contributed by atoms with Crippen LogP contribution in [0.25, 0.3) is 0 Å². The molecule has 3 nitrogen and oxygen atoms in total. The van der Waals surface area contributed by atoms with Gasteiger partial charge in [0.15, 0.2) is 0 Å². The summed E-state index contributed by atoms with van der Waals surface area (Å²) >= 11 is 3.63. The smallest absolute Gasteiger partial charge is 0.0510 e. The Hall–Kier alpha value is -0.580. The summed E-state index contributed by atoms with van der Waals surface area (Å²) in [6.45, 7) is 4.27. The third kappa shape index (κ3) is 3.05. The van der Waals surface area contributed by atoms with Gasteiger partial charge < -0.3 is 15.7 Å². The highest BCUT2D eigenvalue weighted by molar-refractivity contribution is 9.10. The van der Waals surface area contributed by atoms with Crippen LogP contribution in [0.3, 0.4) is 0 Å². The van der Waals surface area contributed by atoms with Gasteiger partial charge in [-0.3, -0.25) is 0 Å². The van der Waals surface area contributed by atoms with Gasteiger partial charge in [-0.2, -0.15) is 0 Å². The molecular formula is C14H21BrN2O. The molecule has 1 unspecified atom stereocenters. The first-order valence-corrected chi connectivity index (χ1v) is 7.32. The van der Waals surface area contributed by atoms with E-state index in [1.807, 2.05) is 6.92 Å². The largest absolute Gasteiger partial charge is 0.396 e. The van der Waals surface area contributed by atoms with Gasteiger partial charge in [0.1, 0.15) is 0 Å². The molecule has 0 spiro atoms. The second-order valence-electron chi connectivity index (χ2n) is 5.14. The maximum absolute atomic E-state index is 9.29. The second-order valence-corrected chi connectivity index (χ2v) is 5.99. The molecule has 1 aromatic carbocycles. The molecule has 1 aliphatic heterocycles. The van der Waals surface area contributed by atoms with Crippen LogP contribution < -0.4 is 10.6 Å². The van der Waals surface area contributed by atoms with Gasteiger partial charge in [-0.15, -0.1) is 0 Å². The monoisotopic (exact) mass is 312 g/mol. The average Bonchev–Trinajstić information content (AvgIpc) is 2.38. The number of piperidine rings is 1. The first kappa shape index (κ1) is 13.8. The van der Waals surface area contributed by atoms with Crippen molar-refractivity contribution in [1.82, 2.24) is 0 Å². The van der Waals surface area contributed by atoms with Gasteiger partial charge in [-0.1, -0.05) is 6.07 Å². The zero-order valence-corrected chi connectivity index (χ0v) is 12.4. The Bertz CT molecular complexity index is 409. The number of rotatable bonds is 3. The highest BCUT2D eigenvalue weighted by Gasteiger charge is 2.21. The van der Waals surface area contributed by atoms with Crippen LogP contribution >= 0.6 is 15.9 Å². The van der Waals surface area contributed by atoms with Crippen LogP contribution in [-0.4, -0.2) is 24.8 Å². The van der Waals surface area contributed by atoms with Gasteiger partial charge in [-0.25, -0.2) is 0 Å². The zero-order valence-electron chi connectivity index (χ0n) is 10.8. The lowest BCUT2D eigenvalue weighted by molar-refractivity contribution is 0.208. The third-order valence-corrected chi connectivity index (χ3v) is 4.25. The minimum atomic E-state index is 0.0573. The molecule has 1 fully saturated rings. The van der Waals surface area contributed by atoms with E-state index in [4.69, 9.17) is 5.73 Å². The van der Waals surface area contributed by atoms with E-state index in [0.717, 1.165) is 36.0 Å². The van der Waals surface area contributed by atoms with E-state index in [9.17, 15) is 5.11 Å². The Kier molecular flexibility index (Phi) is 4.65. The van der Waals surface area contributed by atoms with Crippen LogP contribution in [0, 0.1) is 5.92 Å². The summed E-state index contributed by atoms with van der Waals surface area (Å²) in [5.41, 5.74) is 8.23. The summed E-state index contributed by atoms with van der Waals surface area (Å²) in [5, 5.41) is 9.29. The molecule has 3 N–H and O–H groups in total. The molecule has 1 saturated heterocycles. The second kappa shape index (κ2) is 6.04. The number of hydrogen-bond acceptors (Lipinski definition) is 3. The van der Waals surface area contributed by atoms with Crippen molar-refractivity contribution in [3.8, 4) is 0 Å². The van der Waals surface area contributed by atoms with Gasteiger partial charge in [0.05, 0.1) is 5.69 Å². The Morgan fingerprint density at radius 3 is 2.94 bits per heavy atom. The van der Waals surface area contributed by atoms with Crippen LogP contribution in [0.15, 0.2) is 22.7 Å². The Labute approximate surface area is 117 Å². The predicted octanol–water partition coefficient (Wildman–Crippen LogP) is 2.68. The normalized spacial score (nSPS) is 22.0. The van der Waals surface area contributed by atoms with Crippen LogP contribution in [0.5, 0.6) is 0 Å². The number of benzene rings is 1. The van der Waals surface area contributed by atoms with E-state index < -0.39 is 0 Å². The van der Waals surface area contributed by atoms with E-state index in [2.05, 4.69) is 39.0 Å². The van der Waals surface area contributed by atoms with Crippen LogP contribution in [0.4, 0.5) is 5.69 Å². The lowest BCUT2D eigenvalue weighted by Gasteiger charge is -2.34. The first-order valence-electron chi connectivity index (χ1n) is 6.52. The Morgan fingerprint density at radius 1 is 1.56 bits per heavy atom. The number of anilines is 1. The number of nitrogens with zero attached hydrogens (tertiary/aromatic N) is 1. The summed E-state index contributed by atoms with van der Waals surface area (Å²) < 4.78 is 1.09. The molecule has 4 heteroatoms. The van der Waals surface area contributed by atoms with Gasteiger partial charge in [0, 0.05) is 30.2 Å². The standard InChI is InChI=1S/C14H21BrN2O/c1-10(16)12-4-5-14(13(15)7-12)17-6-2-3-11(8-17)9-18/h4-5,7,10-11,18H,2-3,6,8-9,16H2,1H3/t10-,11?/m1/s1. The van der Waals surface area contributed by atoms with Crippen molar-refractivity contribution in [2.75, 3.05) is 24.6 Å². The lowest BCUT2D eigenvalue weighted by atomic mass is 9.98. The quantitative estimate of drug-likeness (QED) is 0.902. The lowest BCUT2D eigenvalue weighted by Crippen LogP contribution is -2.37. The van der Waals surface area contributed by atoms with Crippen molar-refractivity contribution in [3.05, 3.63) is 28.2 Å². The average molecular weight is 313 g/mol. The van der Waals surface area contributed by atoms with Crippen LogP contribution in [0.1, 0.15) is 31.4 Å². The molecule has 100 valence electrons. The summed E-state index contributed by atoms with van der Waals surface area (Å²) in [6.07, 6.45) is 2.27. The van der Waals surface area contributed by atoms with E-state index in [-0.39, 0.29) is 12.6 Å². The fraction of sp³-hybridized carbons (Fsp3) is 0.571. The van der Waals surface area contributed by atoms with Crippen LogP contribution in [0.2, 0.25) is 0 Å². The van der Waals surface area contributed by atoms with E-state index in [1.54, 1.807) is 0 Å². The molecule has 0 bridgehead atoms. The molecule has 0 aromatic heterocycles. The molecule has 1 aromatic rings. The Morgan fingerprint density at radius 2 is 2.33 bits per heavy atom. The molecule has 1 heterocycles. The van der Waals surface area contributed by atoms with Crippen molar-refractivity contribution in [1.29, 1.82) is 0 Å². The predicted molar refractivity (Wildman–Crippen MR) is 78.8 cm³/mol. The molecule has 18 heavy (non-hydrogen) atoms.